The van der Waals surface area contributed by atoms with Crippen LogP contribution in [-0.2, 0) is 9.59 Å². The number of fused-ring (bicyclic) bond motifs is 1. The summed E-state index contributed by atoms with van der Waals surface area (Å²) in [4.78, 5) is 61.5. The van der Waals surface area contributed by atoms with Crippen molar-refractivity contribution in [1.82, 2.24) is 31.3 Å². The number of rotatable bonds is 7. The molecule has 1 aromatic heterocycles. The molecule has 3 rings (SSSR count). The molecule has 0 atom stereocenters. The van der Waals surface area contributed by atoms with Crippen LogP contribution in [0.2, 0.25) is 10.0 Å². The number of hydrogen-bond acceptors (Lipinski definition) is 6. The maximum atomic E-state index is 12.7. The van der Waals surface area contributed by atoms with E-state index in [1.807, 2.05) is 0 Å². The molecule has 0 bridgehead atoms. The van der Waals surface area contributed by atoms with Crippen molar-refractivity contribution in [2.75, 3.05) is 13.1 Å². The van der Waals surface area contributed by atoms with E-state index >= 15 is 0 Å². The first-order valence-corrected chi connectivity index (χ1v) is 11.4. The number of halogens is 2. The lowest BCUT2D eigenvalue weighted by Crippen LogP contribution is -2.48. The molecule has 0 saturated heterocycles. The molecule has 11 nitrogen and oxygen atoms in total. The molecule has 4 amide bonds. The third kappa shape index (κ3) is 6.37. The van der Waals surface area contributed by atoms with Gasteiger partial charge in [-0.25, -0.2) is 4.68 Å². The summed E-state index contributed by atoms with van der Waals surface area (Å²) in [5, 5.41) is 9.95. The number of benzene rings is 2. The van der Waals surface area contributed by atoms with Gasteiger partial charge in [0.25, 0.3) is 23.3 Å². The van der Waals surface area contributed by atoms with E-state index in [1.54, 1.807) is 38.1 Å². The van der Waals surface area contributed by atoms with Gasteiger partial charge in [0, 0.05) is 10.4 Å². The van der Waals surface area contributed by atoms with Crippen LogP contribution in [0.15, 0.2) is 47.3 Å². The summed E-state index contributed by atoms with van der Waals surface area (Å²) in [5.74, 6) is -2.71. The quantitative estimate of drug-likeness (QED) is 0.339. The second kappa shape index (κ2) is 11.6. The third-order valence-electron chi connectivity index (χ3n) is 4.88. The van der Waals surface area contributed by atoms with Crippen LogP contribution in [0.25, 0.3) is 10.8 Å². The van der Waals surface area contributed by atoms with E-state index in [-0.39, 0.29) is 27.9 Å². The summed E-state index contributed by atoms with van der Waals surface area (Å²) in [5.41, 5.74) is 4.14. The highest BCUT2D eigenvalue weighted by Gasteiger charge is 2.18. The second-order valence-corrected chi connectivity index (χ2v) is 8.67. The van der Waals surface area contributed by atoms with Crippen LogP contribution in [0.3, 0.4) is 0 Å². The van der Waals surface area contributed by atoms with Crippen LogP contribution in [0.1, 0.15) is 40.7 Å². The highest BCUT2D eigenvalue weighted by atomic mass is 35.5. The average Bonchev–Trinajstić information content (AvgIpc) is 2.84. The number of aromatic nitrogens is 2. The molecular weight excluding hydrogens is 511 g/mol. The molecule has 3 aromatic rings. The van der Waals surface area contributed by atoms with Crippen LogP contribution in [-0.4, -0.2) is 46.5 Å². The monoisotopic (exact) mass is 532 g/mol. The number of carbonyl (C=O) groups is 4. The van der Waals surface area contributed by atoms with Crippen molar-refractivity contribution in [1.29, 1.82) is 0 Å². The molecule has 2 aromatic carbocycles. The summed E-state index contributed by atoms with van der Waals surface area (Å²) in [7, 11) is 0. The van der Waals surface area contributed by atoms with E-state index in [0.29, 0.717) is 15.8 Å². The Morgan fingerprint density at radius 3 is 2.22 bits per heavy atom. The Balaban J connectivity index is 1.53. The van der Waals surface area contributed by atoms with E-state index in [0.717, 1.165) is 0 Å². The van der Waals surface area contributed by atoms with Gasteiger partial charge in [0.1, 0.15) is 0 Å². The molecular formula is C23H22Cl2N6O5. The number of nitrogens with one attached hydrogen (secondary N) is 4. The largest absolute Gasteiger partial charge is 0.345 e. The highest BCUT2D eigenvalue weighted by Crippen LogP contribution is 2.20. The molecule has 0 aliphatic heterocycles. The van der Waals surface area contributed by atoms with E-state index in [4.69, 9.17) is 23.2 Å². The topological polar surface area (TPSA) is 151 Å². The molecule has 0 radical (unpaired) electrons. The van der Waals surface area contributed by atoms with Crippen molar-refractivity contribution in [3.05, 3.63) is 74.1 Å². The summed E-state index contributed by atoms with van der Waals surface area (Å²) in [6.07, 6.45) is 0. The first-order valence-electron chi connectivity index (χ1n) is 10.7. The van der Waals surface area contributed by atoms with E-state index < -0.39 is 36.7 Å². The fourth-order valence-corrected chi connectivity index (χ4v) is 3.62. The van der Waals surface area contributed by atoms with E-state index in [9.17, 15) is 24.0 Å². The SMILES string of the molecule is CC(C)n1nc(C(=O)NNC(=O)CNC(=O)CNC(=O)c2ccc(Cl)cc2Cl)c2ccccc2c1=O. The van der Waals surface area contributed by atoms with Gasteiger partial charge in [0.15, 0.2) is 5.69 Å². The highest BCUT2D eigenvalue weighted by molar-refractivity contribution is 6.36. The number of nitrogens with zero attached hydrogens (tertiary/aromatic N) is 2. The molecule has 0 aliphatic rings. The second-order valence-electron chi connectivity index (χ2n) is 7.82. The summed E-state index contributed by atoms with van der Waals surface area (Å²) < 4.78 is 1.19. The van der Waals surface area contributed by atoms with Crippen molar-refractivity contribution in [3.63, 3.8) is 0 Å². The van der Waals surface area contributed by atoms with Crippen LogP contribution in [0.5, 0.6) is 0 Å². The van der Waals surface area contributed by atoms with Crippen LogP contribution in [0, 0.1) is 0 Å². The van der Waals surface area contributed by atoms with Crippen molar-refractivity contribution in [2.24, 2.45) is 0 Å². The zero-order chi connectivity index (χ0) is 26.4. The van der Waals surface area contributed by atoms with Gasteiger partial charge in [-0.1, -0.05) is 41.4 Å². The molecule has 36 heavy (non-hydrogen) atoms. The maximum Gasteiger partial charge on any atom is 0.290 e. The summed E-state index contributed by atoms with van der Waals surface area (Å²) in [6, 6.07) is 10.5. The summed E-state index contributed by atoms with van der Waals surface area (Å²) in [6.45, 7) is 2.62. The van der Waals surface area contributed by atoms with Crippen molar-refractivity contribution in [2.45, 2.75) is 19.9 Å². The Hall–Kier alpha value is -3.96. The first kappa shape index (κ1) is 26.6. The molecule has 188 valence electrons. The van der Waals surface area contributed by atoms with Crippen LogP contribution in [0.4, 0.5) is 0 Å². The number of hydrogen-bond donors (Lipinski definition) is 4. The van der Waals surface area contributed by atoms with Crippen LogP contribution < -0.4 is 27.0 Å². The summed E-state index contributed by atoms with van der Waals surface area (Å²) >= 11 is 11.7. The Morgan fingerprint density at radius 2 is 1.56 bits per heavy atom. The lowest BCUT2D eigenvalue weighted by Gasteiger charge is -2.14. The molecule has 13 heteroatoms. The van der Waals surface area contributed by atoms with Crippen molar-refractivity contribution >= 4 is 57.6 Å². The minimum atomic E-state index is -0.743. The maximum absolute atomic E-state index is 12.7. The molecule has 0 saturated carbocycles. The minimum absolute atomic E-state index is 0.0493. The molecule has 4 N–H and O–H groups in total. The normalized spacial score (nSPS) is 10.7. The van der Waals surface area contributed by atoms with Gasteiger partial charge >= 0.3 is 0 Å². The fourth-order valence-electron chi connectivity index (χ4n) is 3.12. The molecule has 0 unspecified atom stereocenters. The molecule has 0 fully saturated rings. The number of hydrazine groups is 1. The Labute approximate surface area is 215 Å². The van der Waals surface area contributed by atoms with Gasteiger partial charge < -0.3 is 10.6 Å². The zero-order valence-electron chi connectivity index (χ0n) is 19.2. The van der Waals surface area contributed by atoms with Gasteiger partial charge in [0.05, 0.1) is 35.1 Å². The Morgan fingerprint density at radius 1 is 0.889 bits per heavy atom. The fraction of sp³-hybridized carbons (Fsp3) is 0.217. The lowest BCUT2D eigenvalue weighted by molar-refractivity contribution is -0.125. The smallest absolute Gasteiger partial charge is 0.290 e. The van der Waals surface area contributed by atoms with Gasteiger partial charge in [-0.05, 0) is 38.1 Å². The lowest BCUT2D eigenvalue weighted by atomic mass is 10.1. The predicted octanol–water partition coefficient (Wildman–Crippen LogP) is 1.59. The first-order chi connectivity index (χ1) is 17.1. The number of carbonyl (C=O) groups excluding carboxylic acids is 4. The minimum Gasteiger partial charge on any atom is -0.345 e. The van der Waals surface area contributed by atoms with Gasteiger partial charge in [0.2, 0.25) is 5.91 Å². The molecule has 1 heterocycles. The average molecular weight is 533 g/mol. The van der Waals surface area contributed by atoms with Crippen molar-refractivity contribution < 1.29 is 19.2 Å². The van der Waals surface area contributed by atoms with Crippen LogP contribution >= 0.6 is 23.2 Å². The van der Waals surface area contributed by atoms with E-state index in [1.165, 1.54) is 22.9 Å². The Bertz CT molecular complexity index is 1410. The predicted molar refractivity (Wildman–Crippen MR) is 134 cm³/mol. The van der Waals surface area contributed by atoms with Crippen molar-refractivity contribution in [3.8, 4) is 0 Å². The van der Waals surface area contributed by atoms with Gasteiger partial charge in [-0.3, -0.25) is 34.8 Å². The molecule has 0 aliphatic carbocycles. The standard InChI is InChI=1S/C23H22Cl2N6O5/c1-12(2)31-23(36)15-6-4-3-5-14(15)20(30-31)22(35)29-28-19(33)11-26-18(32)10-27-21(34)16-8-7-13(24)9-17(16)25/h3-9,12H,10-11H2,1-2H3,(H,26,32)(H,27,34)(H,28,33)(H,29,35). The third-order valence-corrected chi connectivity index (χ3v) is 5.43. The zero-order valence-corrected chi connectivity index (χ0v) is 20.7. The number of amides is 4. The Kier molecular flexibility index (Phi) is 8.62. The van der Waals surface area contributed by atoms with E-state index in [2.05, 4.69) is 26.6 Å². The van der Waals surface area contributed by atoms with Gasteiger partial charge in [-0.15, -0.1) is 0 Å². The van der Waals surface area contributed by atoms with Gasteiger partial charge in [-0.2, -0.15) is 5.10 Å². The molecule has 0 spiro atoms.